The van der Waals surface area contributed by atoms with Gasteiger partial charge in [0.1, 0.15) is 6.54 Å². The van der Waals surface area contributed by atoms with E-state index in [0.29, 0.717) is 13.0 Å². The number of carbonyl (C=O) groups excluding carboxylic acids is 1. The quantitative estimate of drug-likeness (QED) is 0.164. The SMILES string of the molecule is CCOC(=O)CCCC[n+]1cc2ccccc2c2ccccc21.O=[N+]([O-])[O-]. The van der Waals surface area contributed by atoms with Crippen molar-refractivity contribution < 1.29 is 19.2 Å². The van der Waals surface area contributed by atoms with Crippen LogP contribution in [0.3, 0.4) is 0 Å². The summed E-state index contributed by atoms with van der Waals surface area (Å²) in [5.41, 5.74) is 1.24. The van der Waals surface area contributed by atoms with Gasteiger partial charge < -0.3 is 20.1 Å². The molecular weight excluding hydrogens is 348 g/mol. The number of hydrogen-bond acceptors (Lipinski definition) is 5. The predicted octanol–water partition coefficient (Wildman–Crippen LogP) is 3.77. The number of aryl methyl sites for hydroxylation is 1. The Kier molecular flexibility index (Phi) is 7.49. The number of carbonyl (C=O) groups is 1. The predicted molar refractivity (Wildman–Crippen MR) is 102 cm³/mol. The van der Waals surface area contributed by atoms with E-state index in [1.54, 1.807) is 0 Å². The first kappa shape index (κ1) is 20.1. The number of aromatic nitrogens is 1. The Bertz CT molecular complexity index is 923. The van der Waals surface area contributed by atoms with E-state index in [1.807, 2.05) is 6.92 Å². The van der Waals surface area contributed by atoms with Gasteiger partial charge in [0.25, 0.3) is 0 Å². The zero-order valence-electron chi connectivity index (χ0n) is 15.2. The summed E-state index contributed by atoms with van der Waals surface area (Å²) in [7, 11) is 0. The van der Waals surface area contributed by atoms with Crippen molar-refractivity contribution in [2.24, 2.45) is 0 Å². The van der Waals surface area contributed by atoms with Crippen molar-refractivity contribution in [2.75, 3.05) is 6.61 Å². The highest BCUT2D eigenvalue weighted by molar-refractivity contribution is 6.03. The summed E-state index contributed by atoms with van der Waals surface area (Å²) in [6.45, 7) is 3.21. The van der Waals surface area contributed by atoms with Gasteiger partial charge in [-0.15, -0.1) is 0 Å². The van der Waals surface area contributed by atoms with Crippen LogP contribution in [-0.2, 0) is 16.1 Å². The second-order valence-electron chi connectivity index (χ2n) is 5.91. The molecule has 0 N–H and O–H groups in total. The van der Waals surface area contributed by atoms with Crippen LogP contribution in [0.1, 0.15) is 26.2 Å². The Morgan fingerprint density at radius 3 is 2.37 bits per heavy atom. The second-order valence-corrected chi connectivity index (χ2v) is 5.91. The standard InChI is InChI=1S/C20H22NO2.NO3/c1-2-23-20(22)13-7-8-14-21-15-16-9-3-4-10-17(16)18-11-5-6-12-19(18)21;2-1(3)4/h3-6,9-12,15H,2,7-8,13-14H2,1H3;/q+1;-1. The van der Waals surface area contributed by atoms with Crippen LogP contribution < -0.4 is 4.57 Å². The summed E-state index contributed by atoms with van der Waals surface area (Å²) in [5.74, 6) is -0.0964. The lowest BCUT2D eigenvalue weighted by Crippen LogP contribution is -2.34. The number of fused-ring (bicyclic) bond motifs is 3. The maximum absolute atomic E-state index is 11.4. The number of nitrogens with zero attached hydrogens (tertiary/aromatic N) is 2. The molecule has 0 aliphatic heterocycles. The molecule has 0 spiro atoms. The topological polar surface area (TPSA) is 96.4 Å². The minimum atomic E-state index is -1.75. The summed E-state index contributed by atoms with van der Waals surface area (Å²) in [6, 6.07) is 17.0. The summed E-state index contributed by atoms with van der Waals surface area (Å²) in [5, 5.41) is 18.6. The molecule has 0 saturated carbocycles. The molecule has 0 amide bonds. The van der Waals surface area contributed by atoms with Crippen LogP contribution >= 0.6 is 0 Å². The lowest BCUT2D eigenvalue weighted by Gasteiger charge is -2.05. The van der Waals surface area contributed by atoms with E-state index in [2.05, 4.69) is 59.3 Å². The highest BCUT2D eigenvalue weighted by Crippen LogP contribution is 2.22. The van der Waals surface area contributed by atoms with Crippen LogP contribution in [0.2, 0.25) is 0 Å². The summed E-state index contributed by atoms with van der Waals surface area (Å²) in [4.78, 5) is 19.7. The molecule has 7 nitrogen and oxygen atoms in total. The van der Waals surface area contributed by atoms with E-state index in [4.69, 9.17) is 20.1 Å². The van der Waals surface area contributed by atoms with E-state index >= 15 is 0 Å². The first-order chi connectivity index (χ1) is 13.0. The molecule has 3 aromatic rings. The molecule has 0 aliphatic rings. The number of rotatable bonds is 6. The van der Waals surface area contributed by atoms with Crippen LogP contribution in [0.25, 0.3) is 21.7 Å². The van der Waals surface area contributed by atoms with Crippen molar-refractivity contribution in [3.8, 4) is 0 Å². The van der Waals surface area contributed by atoms with Crippen molar-refractivity contribution in [1.29, 1.82) is 0 Å². The zero-order valence-corrected chi connectivity index (χ0v) is 15.2. The fourth-order valence-electron chi connectivity index (χ4n) is 3.01. The first-order valence-electron chi connectivity index (χ1n) is 8.80. The molecule has 0 saturated heterocycles. The van der Waals surface area contributed by atoms with Gasteiger partial charge in [-0.1, -0.05) is 30.3 Å². The molecule has 1 aromatic heterocycles. The fraction of sp³-hybridized carbons (Fsp3) is 0.300. The van der Waals surface area contributed by atoms with Gasteiger partial charge in [0.2, 0.25) is 5.52 Å². The highest BCUT2D eigenvalue weighted by atomic mass is 16.9. The summed E-state index contributed by atoms with van der Waals surface area (Å²) >= 11 is 0. The largest absolute Gasteiger partial charge is 0.466 e. The molecule has 27 heavy (non-hydrogen) atoms. The minimum Gasteiger partial charge on any atom is -0.466 e. The Morgan fingerprint density at radius 2 is 1.67 bits per heavy atom. The van der Waals surface area contributed by atoms with Gasteiger partial charge in [-0.2, -0.15) is 4.57 Å². The maximum atomic E-state index is 11.4. The van der Waals surface area contributed by atoms with E-state index < -0.39 is 5.09 Å². The molecule has 0 atom stereocenters. The normalized spacial score (nSPS) is 10.3. The van der Waals surface area contributed by atoms with Crippen LogP contribution in [0.15, 0.2) is 54.7 Å². The number of ether oxygens (including phenoxy) is 1. The van der Waals surface area contributed by atoms with E-state index in [1.165, 1.54) is 21.7 Å². The third-order valence-electron chi connectivity index (χ3n) is 4.09. The Balaban J connectivity index is 0.000000596. The summed E-state index contributed by atoms with van der Waals surface area (Å²) < 4.78 is 7.27. The van der Waals surface area contributed by atoms with E-state index in [0.717, 1.165) is 19.4 Å². The Labute approximate surface area is 156 Å². The number of esters is 1. The smallest absolute Gasteiger partial charge is 0.305 e. The molecule has 0 bridgehead atoms. The lowest BCUT2D eigenvalue weighted by molar-refractivity contribution is -0.670. The lowest BCUT2D eigenvalue weighted by atomic mass is 10.1. The third kappa shape index (κ3) is 5.91. The van der Waals surface area contributed by atoms with Gasteiger partial charge in [0, 0.05) is 29.7 Å². The van der Waals surface area contributed by atoms with Gasteiger partial charge >= 0.3 is 5.97 Å². The van der Waals surface area contributed by atoms with E-state index in [9.17, 15) is 4.79 Å². The minimum absolute atomic E-state index is 0.0964. The summed E-state index contributed by atoms with van der Waals surface area (Å²) in [6.07, 6.45) is 4.53. The Hall–Kier alpha value is -3.22. The van der Waals surface area contributed by atoms with Crippen molar-refractivity contribution in [1.82, 2.24) is 0 Å². The average molecular weight is 370 g/mol. The average Bonchev–Trinajstić information content (AvgIpc) is 2.65. The molecule has 142 valence electrons. The maximum Gasteiger partial charge on any atom is 0.305 e. The van der Waals surface area contributed by atoms with Gasteiger partial charge in [0.15, 0.2) is 6.20 Å². The molecule has 7 heteroatoms. The van der Waals surface area contributed by atoms with Crippen LogP contribution in [-0.4, -0.2) is 17.7 Å². The zero-order chi connectivity index (χ0) is 19.6. The second kappa shape index (κ2) is 10.1. The molecule has 2 aromatic carbocycles. The van der Waals surface area contributed by atoms with Crippen molar-refractivity contribution in [3.05, 3.63) is 70.0 Å². The van der Waals surface area contributed by atoms with Gasteiger partial charge in [-0.3, -0.25) is 4.79 Å². The van der Waals surface area contributed by atoms with Crippen molar-refractivity contribution in [2.45, 2.75) is 32.7 Å². The van der Waals surface area contributed by atoms with Crippen LogP contribution in [0.5, 0.6) is 0 Å². The third-order valence-corrected chi connectivity index (χ3v) is 4.09. The monoisotopic (exact) mass is 370 g/mol. The number of para-hydroxylation sites is 1. The molecule has 0 fully saturated rings. The molecular formula is C20H22N2O5. The van der Waals surface area contributed by atoms with Crippen molar-refractivity contribution >= 4 is 27.6 Å². The van der Waals surface area contributed by atoms with Gasteiger partial charge in [0.05, 0.1) is 17.1 Å². The van der Waals surface area contributed by atoms with Gasteiger partial charge in [-0.25, -0.2) is 0 Å². The van der Waals surface area contributed by atoms with Gasteiger partial charge in [-0.05, 0) is 25.5 Å². The van der Waals surface area contributed by atoms with Crippen LogP contribution in [0, 0.1) is 15.3 Å². The molecule has 3 rings (SSSR count). The number of unbranched alkanes of at least 4 members (excludes halogenated alkanes) is 1. The first-order valence-corrected chi connectivity index (χ1v) is 8.80. The number of pyridine rings is 1. The van der Waals surface area contributed by atoms with Crippen molar-refractivity contribution in [3.63, 3.8) is 0 Å². The molecule has 0 unspecified atom stereocenters. The van der Waals surface area contributed by atoms with Crippen LogP contribution in [0.4, 0.5) is 0 Å². The fourth-order valence-corrected chi connectivity index (χ4v) is 3.01. The Morgan fingerprint density at radius 1 is 1.04 bits per heavy atom. The van der Waals surface area contributed by atoms with E-state index in [-0.39, 0.29) is 5.97 Å². The molecule has 0 aliphatic carbocycles. The number of hydrogen-bond donors (Lipinski definition) is 0. The molecule has 1 heterocycles. The molecule has 0 radical (unpaired) electrons. The number of benzene rings is 2. The highest BCUT2D eigenvalue weighted by Gasteiger charge is 2.12.